The third kappa shape index (κ3) is 1.76. The smallest absolute Gasteiger partial charge is 0.116 e. The van der Waals surface area contributed by atoms with Crippen LogP contribution in [0.15, 0.2) is 18.2 Å². The Bertz CT molecular complexity index is 503. The van der Waals surface area contributed by atoms with E-state index in [9.17, 15) is 5.11 Å². The number of hydrogen-bond acceptors (Lipinski definition) is 3. The van der Waals surface area contributed by atoms with Crippen LogP contribution in [0.4, 0.5) is 0 Å². The number of nitrogens with zero attached hydrogens (tertiary/aromatic N) is 2. The second-order valence-corrected chi connectivity index (χ2v) is 4.16. The molecule has 1 aromatic carbocycles. The molecule has 0 unspecified atom stereocenters. The van der Waals surface area contributed by atoms with Crippen molar-refractivity contribution in [3.05, 3.63) is 23.9 Å². The Kier molecular flexibility index (Phi) is 2.83. The molecular formula is C12H16N2O2. The topological polar surface area (TPSA) is 58.3 Å². The summed E-state index contributed by atoms with van der Waals surface area (Å²) in [5.74, 6) is 0.231. The van der Waals surface area contributed by atoms with Crippen molar-refractivity contribution >= 4 is 10.9 Å². The molecule has 0 fully saturated rings. The fraction of sp³-hybridized carbons (Fsp3) is 0.417. The fourth-order valence-corrected chi connectivity index (χ4v) is 1.92. The summed E-state index contributed by atoms with van der Waals surface area (Å²) >= 11 is 0. The quantitative estimate of drug-likeness (QED) is 0.830. The van der Waals surface area contributed by atoms with Gasteiger partial charge in [0.15, 0.2) is 0 Å². The number of phenols is 1. The van der Waals surface area contributed by atoms with Gasteiger partial charge in [-0.05, 0) is 32.0 Å². The predicted molar refractivity (Wildman–Crippen MR) is 62.6 cm³/mol. The second-order valence-electron chi connectivity index (χ2n) is 4.16. The third-order valence-electron chi connectivity index (χ3n) is 2.62. The molecule has 1 heterocycles. The Balaban J connectivity index is 2.67. The van der Waals surface area contributed by atoms with Gasteiger partial charge < -0.3 is 10.2 Å². The summed E-state index contributed by atoms with van der Waals surface area (Å²) in [7, 11) is 0. The summed E-state index contributed by atoms with van der Waals surface area (Å²) in [4.78, 5) is 0. The van der Waals surface area contributed by atoms with Crippen molar-refractivity contribution in [2.45, 2.75) is 26.3 Å². The fourth-order valence-electron chi connectivity index (χ4n) is 1.92. The van der Waals surface area contributed by atoms with E-state index in [1.54, 1.807) is 18.2 Å². The first-order valence-electron chi connectivity index (χ1n) is 5.44. The van der Waals surface area contributed by atoms with Crippen molar-refractivity contribution < 1.29 is 10.2 Å². The van der Waals surface area contributed by atoms with E-state index in [4.69, 9.17) is 5.11 Å². The SMILES string of the molecule is CC(C)n1nc2ccc(O)cc2c1CCO. The molecular weight excluding hydrogens is 204 g/mol. The molecule has 86 valence electrons. The Hall–Kier alpha value is -1.55. The highest BCUT2D eigenvalue weighted by Crippen LogP contribution is 2.25. The molecule has 2 N–H and O–H groups in total. The van der Waals surface area contributed by atoms with Gasteiger partial charge in [-0.1, -0.05) is 0 Å². The number of aromatic nitrogens is 2. The lowest BCUT2D eigenvalue weighted by atomic mass is 10.1. The summed E-state index contributed by atoms with van der Waals surface area (Å²) in [6.07, 6.45) is 0.554. The molecule has 0 amide bonds. The first kappa shape index (κ1) is 11.0. The molecule has 0 saturated carbocycles. The highest BCUT2D eigenvalue weighted by Gasteiger charge is 2.13. The number of aliphatic hydroxyl groups is 1. The average Bonchev–Trinajstić information content (AvgIpc) is 2.58. The number of benzene rings is 1. The molecule has 0 aliphatic rings. The van der Waals surface area contributed by atoms with Gasteiger partial charge in [-0.25, -0.2) is 0 Å². The van der Waals surface area contributed by atoms with Gasteiger partial charge in [-0.15, -0.1) is 0 Å². The average molecular weight is 220 g/mol. The molecule has 0 atom stereocenters. The van der Waals surface area contributed by atoms with Crippen LogP contribution in [0.25, 0.3) is 10.9 Å². The molecule has 0 spiro atoms. The molecule has 4 heteroatoms. The zero-order valence-electron chi connectivity index (χ0n) is 9.51. The first-order valence-corrected chi connectivity index (χ1v) is 5.44. The molecule has 4 nitrogen and oxygen atoms in total. The van der Waals surface area contributed by atoms with Crippen LogP contribution in [0.5, 0.6) is 5.75 Å². The van der Waals surface area contributed by atoms with Crippen LogP contribution < -0.4 is 0 Å². The largest absolute Gasteiger partial charge is 0.508 e. The summed E-state index contributed by atoms with van der Waals surface area (Å²) < 4.78 is 1.90. The van der Waals surface area contributed by atoms with Crippen molar-refractivity contribution in [1.82, 2.24) is 9.78 Å². The molecule has 0 saturated heterocycles. The van der Waals surface area contributed by atoms with Crippen molar-refractivity contribution in [3.8, 4) is 5.75 Å². The maximum atomic E-state index is 9.47. The number of fused-ring (bicyclic) bond motifs is 1. The minimum Gasteiger partial charge on any atom is -0.508 e. The van der Waals surface area contributed by atoms with Gasteiger partial charge in [0.25, 0.3) is 0 Å². The predicted octanol–water partition coefficient (Wildman–Crippen LogP) is 1.86. The third-order valence-corrected chi connectivity index (χ3v) is 2.62. The van der Waals surface area contributed by atoms with Crippen molar-refractivity contribution in [2.75, 3.05) is 6.61 Å². The maximum absolute atomic E-state index is 9.47. The Labute approximate surface area is 94.1 Å². The molecule has 0 aliphatic heterocycles. The monoisotopic (exact) mass is 220 g/mol. The van der Waals surface area contributed by atoms with Gasteiger partial charge in [0.05, 0.1) is 5.52 Å². The summed E-state index contributed by atoms with van der Waals surface area (Å²) in [5, 5.41) is 23.9. The van der Waals surface area contributed by atoms with Crippen LogP contribution in [0.3, 0.4) is 0 Å². The van der Waals surface area contributed by atoms with E-state index in [0.29, 0.717) is 6.42 Å². The molecule has 0 radical (unpaired) electrons. The normalized spacial score (nSPS) is 11.5. The van der Waals surface area contributed by atoms with E-state index in [2.05, 4.69) is 5.10 Å². The van der Waals surface area contributed by atoms with E-state index in [1.165, 1.54) is 0 Å². The summed E-state index contributed by atoms with van der Waals surface area (Å²) in [5.41, 5.74) is 1.83. The van der Waals surface area contributed by atoms with Gasteiger partial charge in [0.1, 0.15) is 5.75 Å². The van der Waals surface area contributed by atoms with Gasteiger partial charge in [-0.2, -0.15) is 5.10 Å². The number of hydrogen-bond donors (Lipinski definition) is 2. The minimum absolute atomic E-state index is 0.0865. The molecule has 1 aromatic heterocycles. The molecule has 0 aliphatic carbocycles. The minimum atomic E-state index is 0.0865. The van der Waals surface area contributed by atoms with Gasteiger partial charge in [-0.3, -0.25) is 4.68 Å². The molecule has 0 bridgehead atoms. The Morgan fingerprint density at radius 1 is 1.38 bits per heavy atom. The molecule has 2 aromatic rings. The number of aliphatic hydroxyl groups excluding tert-OH is 1. The lowest BCUT2D eigenvalue weighted by molar-refractivity contribution is 0.294. The summed E-state index contributed by atoms with van der Waals surface area (Å²) in [6.45, 7) is 4.18. The van der Waals surface area contributed by atoms with Gasteiger partial charge >= 0.3 is 0 Å². The second kappa shape index (κ2) is 4.14. The van der Waals surface area contributed by atoms with Crippen molar-refractivity contribution in [2.24, 2.45) is 0 Å². The van der Waals surface area contributed by atoms with Crippen molar-refractivity contribution in [3.63, 3.8) is 0 Å². The van der Waals surface area contributed by atoms with Crippen molar-refractivity contribution in [1.29, 1.82) is 0 Å². The highest BCUT2D eigenvalue weighted by molar-refractivity contribution is 5.83. The van der Waals surface area contributed by atoms with E-state index in [1.807, 2.05) is 18.5 Å². The number of aromatic hydroxyl groups is 1. The van der Waals surface area contributed by atoms with Crippen LogP contribution in [0, 0.1) is 0 Å². The van der Waals surface area contributed by atoms with E-state index < -0.39 is 0 Å². The summed E-state index contributed by atoms with van der Waals surface area (Å²) in [6, 6.07) is 5.37. The Morgan fingerprint density at radius 3 is 2.75 bits per heavy atom. The van der Waals surface area contributed by atoms with Crippen LogP contribution in [-0.4, -0.2) is 26.6 Å². The number of phenolic OH excluding ortho intramolecular Hbond substituents is 1. The zero-order chi connectivity index (χ0) is 11.7. The lowest BCUT2D eigenvalue weighted by Crippen LogP contribution is -2.08. The van der Waals surface area contributed by atoms with Gasteiger partial charge in [0, 0.05) is 30.1 Å². The van der Waals surface area contributed by atoms with Crippen LogP contribution in [0.2, 0.25) is 0 Å². The van der Waals surface area contributed by atoms with E-state index in [-0.39, 0.29) is 18.4 Å². The number of rotatable bonds is 3. The molecule has 2 rings (SSSR count). The van der Waals surface area contributed by atoms with E-state index >= 15 is 0 Å². The maximum Gasteiger partial charge on any atom is 0.116 e. The lowest BCUT2D eigenvalue weighted by Gasteiger charge is -2.09. The highest BCUT2D eigenvalue weighted by atomic mass is 16.3. The molecule has 16 heavy (non-hydrogen) atoms. The van der Waals surface area contributed by atoms with Crippen LogP contribution in [-0.2, 0) is 6.42 Å². The van der Waals surface area contributed by atoms with E-state index in [0.717, 1.165) is 16.6 Å². The van der Waals surface area contributed by atoms with Gasteiger partial charge in [0.2, 0.25) is 0 Å². The first-order chi connectivity index (χ1) is 7.63. The standard InChI is InChI=1S/C12H16N2O2/c1-8(2)14-12(5-6-15)10-7-9(16)3-4-11(10)13-14/h3-4,7-8,15-16H,5-6H2,1-2H3. The Morgan fingerprint density at radius 2 is 2.12 bits per heavy atom. The zero-order valence-corrected chi connectivity index (χ0v) is 9.51. The van der Waals surface area contributed by atoms with Crippen LogP contribution >= 0.6 is 0 Å². The van der Waals surface area contributed by atoms with Crippen LogP contribution in [0.1, 0.15) is 25.6 Å².